The molecule has 0 N–H and O–H groups in total. The zero-order valence-corrected chi connectivity index (χ0v) is 22.7. The van der Waals surface area contributed by atoms with Crippen molar-refractivity contribution >= 4 is 46.1 Å². The first-order valence-corrected chi connectivity index (χ1v) is 13.6. The molecule has 2 aliphatic rings. The Morgan fingerprint density at radius 1 is 1.32 bits per heavy atom. The van der Waals surface area contributed by atoms with Crippen LogP contribution < -0.4 is 10.5 Å². The number of anilines is 1. The van der Waals surface area contributed by atoms with Gasteiger partial charge < -0.3 is 4.90 Å². The van der Waals surface area contributed by atoms with E-state index in [0.717, 1.165) is 63.0 Å². The molecule has 2 fully saturated rings. The largest absolute Gasteiger partial charge is 0.357 e. The number of carbonyl (C=O) groups excluding carboxylic acids is 1. The van der Waals surface area contributed by atoms with E-state index in [1.807, 2.05) is 6.08 Å². The van der Waals surface area contributed by atoms with Crippen molar-refractivity contribution in [3.63, 3.8) is 0 Å². The van der Waals surface area contributed by atoms with Crippen LogP contribution in [-0.2, 0) is 11.8 Å². The maximum Gasteiger partial charge on any atom is 0.270 e. The molecular formula is C26H36N4O2S2. The van der Waals surface area contributed by atoms with Gasteiger partial charge in [-0.15, -0.1) is 0 Å². The number of amides is 1. The van der Waals surface area contributed by atoms with Gasteiger partial charge in [0, 0.05) is 32.2 Å². The van der Waals surface area contributed by atoms with E-state index < -0.39 is 0 Å². The number of nitriles is 1. The molecule has 3 rings (SSSR count). The molecule has 0 aromatic carbocycles. The van der Waals surface area contributed by atoms with E-state index in [1.54, 1.807) is 23.4 Å². The summed E-state index contributed by atoms with van der Waals surface area (Å²) in [5.41, 5.74) is 1.23. The minimum absolute atomic E-state index is 0.0744. The minimum Gasteiger partial charge on any atom is -0.357 e. The molecule has 1 aromatic heterocycles. The van der Waals surface area contributed by atoms with E-state index >= 15 is 0 Å². The third-order valence-corrected chi connectivity index (χ3v) is 8.44. The van der Waals surface area contributed by atoms with E-state index in [2.05, 4.69) is 31.7 Å². The molecule has 6 nitrogen and oxygen atoms in total. The van der Waals surface area contributed by atoms with E-state index in [0.29, 0.717) is 33.2 Å². The fourth-order valence-electron chi connectivity index (χ4n) is 4.94. The summed E-state index contributed by atoms with van der Waals surface area (Å²) >= 11 is 6.92. The Labute approximate surface area is 213 Å². The topological polar surface area (TPSA) is 69.3 Å². The van der Waals surface area contributed by atoms with Crippen LogP contribution in [0, 0.1) is 30.1 Å². The molecule has 2 unspecified atom stereocenters. The molecule has 0 saturated carbocycles. The van der Waals surface area contributed by atoms with Crippen LogP contribution in [-0.4, -0.2) is 39.3 Å². The Bertz CT molecular complexity index is 1090. The van der Waals surface area contributed by atoms with Crippen LogP contribution in [0.15, 0.2) is 9.70 Å². The Morgan fingerprint density at radius 3 is 2.68 bits per heavy atom. The number of nitrogens with zero attached hydrogens (tertiary/aromatic N) is 4. The summed E-state index contributed by atoms with van der Waals surface area (Å²) in [6.45, 7) is 10.7. The molecule has 2 saturated heterocycles. The molecule has 2 atom stereocenters. The molecule has 1 amide bonds. The van der Waals surface area contributed by atoms with Crippen LogP contribution >= 0.6 is 24.0 Å². The predicted molar refractivity (Wildman–Crippen MR) is 145 cm³/mol. The minimum atomic E-state index is -0.292. The summed E-state index contributed by atoms with van der Waals surface area (Å²) in [5.74, 6) is 1.65. The number of hydrogen-bond acceptors (Lipinski definition) is 6. The zero-order valence-electron chi connectivity index (χ0n) is 21.0. The third kappa shape index (κ3) is 5.41. The second-order valence-electron chi connectivity index (χ2n) is 9.62. The smallest absolute Gasteiger partial charge is 0.270 e. The summed E-state index contributed by atoms with van der Waals surface area (Å²) in [7, 11) is 1.72. The van der Waals surface area contributed by atoms with Gasteiger partial charge >= 0.3 is 0 Å². The van der Waals surface area contributed by atoms with Crippen molar-refractivity contribution in [3.8, 4) is 6.07 Å². The van der Waals surface area contributed by atoms with Crippen molar-refractivity contribution in [2.24, 2.45) is 18.9 Å². The summed E-state index contributed by atoms with van der Waals surface area (Å²) in [6.07, 6.45) is 8.45. The number of pyridine rings is 1. The number of piperidine rings is 1. The number of unbranched alkanes of at least 4 members (excludes halogenated alkanes) is 1. The second-order valence-corrected chi connectivity index (χ2v) is 11.3. The van der Waals surface area contributed by atoms with Gasteiger partial charge in [-0.2, -0.15) is 5.26 Å². The van der Waals surface area contributed by atoms with E-state index in [4.69, 9.17) is 12.2 Å². The number of hydrogen-bond donors (Lipinski definition) is 0. The first-order chi connectivity index (χ1) is 16.2. The van der Waals surface area contributed by atoms with Crippen molar-refractivity contribution in [2.75, 3.05) is 24.5 Å². The maximum absolute atomic E-state index is 13.4. The summed E-state index contributed by atoms with van der Waals surface area (Å²) < 4.78 is 2.16. The number of rotatable bonds is 8. The van der Waals surface area contributed by atoms with Crippen molar-refractivity contribution in [2.45, 2.75) is 66.2 Å². The fraction of sp³-hybridized carbons (Fsp3) is 0.615. The molecule has 2 aliphatic heterocycles. The van der Waals surface area contributed by atoms with Crippen molar-refractivity contribution in [1.29, 1.82) is 5.26 Å². The van der Waals surface area contributed by atoms with Crippen LogP contribution in [0.1, 0.15) is 76.0 Å². The Kier molecular flexibility index (Phi) is 9.00. The van der Waals surface area contributed by atoms with Gasteiger partial charge in [0.1, 0.15) is 21.8 Å². The van der Waals surface area contributed by atoms with Crippen LogP contribution in [0.2, 0.25) is 0 Å². The highest BCUT2D eigenvalue weighted by Crippen LogP contribution is 2.37. The van der Waals surface area contributed by atoms with E-state index in [-0.39, 0.29) is 17.0 Å². The van der Waals surface area contributed by atoms with Gasteiger partial charge in [0.05, 0.1) is 4.91 Å². The fourth-order valence-corrected chi connectivity index (χ4v) is 6.20. The standard InChI is InChI=1S/C26H36N4O2S2/c1-6-8-11-19(7-2)16-30-25(32)22(34-26(30)33)13-20-18(4)21(14-27)24(31)28(5)23(20)29-12-9-10-17(3)15-29/h13,17,19H,6-12,15-16H2,1-5H3/b22-13-. The van der Waals surface area contributed by atoms with Gasteiger partial charge in [-0.25, -0.2) is 0 Å². The number of carbonyl (C=O) groups is 1. The lowest BCUT2D eigenvalue weighted by Crippen LogP contribution is -2.39. The number of thioether (sulfide) groups is 1. The van der Waals surface area contributed by atoms with Crippen molar-refractivity contribution in [1.82, 2.24) is 9.47 Å². The monoisotopic (exact) mass is 500 g/mol. The first kappa shape index (κ1) is 26.5. The predicted octanol–water partition coefficient (Wildman–Crippen LogP) is 5.22. The third-order valence-electron chi connectivity index (χ3n) is 7.06. The second kappa shape index (κ2) is 11.5. The average Bonchev–Trinajstić information content (AvgIpc) is 3.07. The molecular weight excluding hydrogens is 464 g/mol. The zero-order chi connectivity index (χ0) is 25.0. The Balaban J connectivity index is 2.04. The molecule has 0 radical (unpaired) electrons. The van der Waals surface area contributed by atoms with Crippen LogP contribution in [0.3, 0.4) is 0 Å². The highest BCUT2D eigenvalue weighted by molar-refractivity contribution is 8.26. The average molecular weight is 501 g/mol. The van der Waals surface area contributed by atoms with Gasteiger partial charge in [0.2, 0.25) is 0 Å². The molecule has 1 aromatic rings. The van der Waals surface area contributed by atoms with Crippen LogP contribution in [0.25, 0.3) is 6.08 Å². The van der Waals surface area contributed by atoms with Crippen LogP contribution in [0.4, 0.5) is 5.82 Å². The summed E-state index contributed by atoms with van der Waals surface area (Å²) in [5, 5.41) is 9.69. The Hall–Kier alpha value is -2.11. The van der Waals surface area contributed by atoms with Crippen molar-refractivity contribution < 1.29 is 4.79 Å². The lowest BCUT2D eigenvalue weighted by molar-refractivity contribution is -0.122. The molecule has 0 spiro atoms. The maximum atomic E-state index is 13.4. The lowest BCUT2D eigenvalue weighted by Gasteiger charge is -2.35. The molecule has 3 heterocycles. The number of thiocarbonyl (C=S) groups is 1. The van der Waals surface area contributed by atoms with E-state index in [9.17, 15) is 14.9 Å². The van der Waals surface area contributed by atoms with E-state index in [1.165, 1.54) is 11.8 Å². The van der Waals surface area contributed by atoms with Gasteiger partial charge in [-0.05, 0) is 49.7 Å². The quantitative estimate of drug-likeness (QED) is 0.360. The molecule has 184 valence electrons. The molecule has 34 heavy (non-hydrogen) atoms. The summed E-state index contributed by atoms with van der Waals surface area (Å²) in [4.78, 5) is 30.9. The first-order valence-electron chi connectivity index (χ1n) is 12.4. The van der Waals surface area contributed by atoms with Gasteiger partial charge in [-0.1, -0.05) is 64.0 Å². The van der Waals surface area contributed by atoms with Crippen LogP contribution in [0.5, 0.6) is 0 Å². The van der Waals surface area contributed by atoms with Gasteiger partial charge in [0.15, 0.2) is 0 Å². The van der Waals surface area contributed by atoms with Gasteiger partial charge in [0.25, 0.3) is 11.5 Å². The molecule has 0 aliphatic carbocycles. The molecule has 0 bridgehead atoms. The normalized spacial score (nSPS) is 20.8. The SMILES string of the molecule is CCCCC(CC)CN1C(=O)/C(=C/c2c(C)c(C#N)c(=O)n(C)c2N2CCCC(C)C2)SC1=S. The number of aromatic nitrogens is 1. The van der Waals surface area contributed by atoms with Gasteiger partial charge in [-0.3, -0.25) is 19.1 Å². The highest BCUT2D eigenvalue weighted by atomic mass is 32.2. The molecule has 8 heteroatoms. The van der Waals surface area contributed by atoms with Crippen molar-refractivity contribution in [3.05, 3.63) is 31.9 Å². The highest BCUT2D eigenvalue weighted by Gasteiger charge is 2.34. The lowest BCUT2D eigenvalue weighted by atomic mass is 9.98. The summed E-state index contributed by atoms with van der Waals surface area (Å²) in [6, 6.07) is 2.08. The Morgan fingerprint density at radius 2 is 2.06 bits per heavy atom.